The summed E-state index contributed by atoms with van der Waals surface area (Å²) in [5, 5.41) is 2.00. The Hall–Kier alpha value is -1.93. The molecule has 0 saturated heterocycles. The fraction of sp³-hybridized carbons (Fsp3) is 0.154. The van der Waals surface area contributed by atoms with Gasteiger partial charge in [-0.2, -0.15) is 18.2 Å². The molecule has 0 amide bonds. The predicted octanol–water partition coefficient (Wildman–Crippen LogP) is 3.60. The largest absolute Gasteiger partial charge is 0.431 e. The summed E-state index contributed by atoms with van der Waals surface area (Å²) in [4.78, 5) is 27.9. The zero-order valence-corrected chi connectivity index (χ0v) is 14.0. The Kier molecular flexibility index (Phi) is 5.00. The molecule has 0 saturated carbocycles. The second kappa shape index (κ2) is 6.52. The minimum absolute atomic E-state index is 0.0555. The Balaban J connectivity index is 2.87. The van der Waals surface area contributed by atoms with Gasteiger partial charge in [0.15, 0.2) is 0 Å². The van der Waals surface area contributed by atoms with Crippen LogP contribution in [-0.4, -0.2) is 14.3 Å². The standard InChI is InChI=1S/C13H6Cl2F3N3O2S/c1-20-10(13(16,17)18)4-11(22)21(12(20)23)9-3-8(19-5-24)6(14)2-7(9)15/h2-4H,1H3. The zero-order chi connectivity index (χ0) is 18.2. The van der Waals surface area contributed by atoms with Gasteiger partial charge in [-0.1, -0.05) is 23.2 Å². The maximum atomic E-state index is 12.9. The highest BCUT2D eigenvalue weighted by atomic mass is 35.5. The lowest BCUT2D eigenvalue weighted by Crippen LogP contribution is -2.40. The Morgan fingerprint density at radius 2 is 1.79 bits per heavy atom. The molecule has 0 aliphatic carbocycles. The van der Waals surface area contributed by atoms with Gasteiger partial charge in [-0.3, -0.25) is 9.36 Å². The first-order valence-corrected chi connectivity index (χ1v) is 7.22. The van der Waals surface area contributed by atoms with Crippen molar-refractivity contribution in [2.45, 2.75) is 6.18 Å². The van der Waals surface area contributed by atoms with Crippen LogP contribution in [-0.2, 0) is 13.2 Å². The maximum absolute atomic E-state index is 12.9. The molecule has 0 bridgehead atoms. The van der Waals surface area contributed by atoms with E-state index in [4.69, 9.17) is 23.2 Å². The van der Waals surface area contributed by atoms with Gasteiger partial charge >= 0.3 is 11.9 Å². The second-order valence-electron chi connectivity index (χ2n) is 4.50. The molecule has 1 aromatic carbocycles. The van der Waals surface area contributed by atoms with Gasteiger partial charge in [0.05, 0.1) is 26.6 Å². The van der Waals surface area contributed by atoms with Crippen molar-refractivity contribution in [1.82, 2.24) is 9.13 Å². The van der Waals surface area contributed by atoms with E-state index in [2.05, 4.69) is 22.4 Å². The predicted molar refractivity (Wildman–Crippen MR) is 87.0 cm³/mol. The van der Waals surface area contributed by atoms with Gasteiger partial charge in [0.2, 0.25) is 0 Å². The van der Waals surface area contributed by atoms with Crippen LogP contribution in [0.4, 0.5) is 18.9 Å². The van der Waals surface area contributed by atoms with Crippen molar-refractivity contribution in [3.05, 3.63) is 54.8 Å². The van der Waals surface area contributed by atoms with Crippen LogP contribution in [0.2, 0.25) is 10.0 Å². The molecule has 5 nitrogen and oxygen atoms in total. The Morgan fingerprint density at radius 3 is 2.33 bits per heavy atom. The van der Waals surface area contributed by atoms with Crippen LogP contribution in [0.15, 0.2) is 32.8 Å². The number of aromatic nitrogens is 2. The molecule has 0 aliphatic rings. The number of benzene rings is 1. The lowest BCUT2D eigenvalue weighted by Gasteiger charge is -2.15. The zero-order valence-electron chi connectivity index (χ0n) is 11.7. The summed E-state index contributed by atoms with van der Waals surface area (Å²) >= 11 is 16.3. The van der Waals surface area contributed by atoms with Crippen LogP contribution in [0.25, 0.3) is 5.69 Å². The molecule has 0 spiro atoms. The Morgan fingerprint density at radius 1 is 1.17 bits per heavy atom. The minimum Gasteiger partial charge on any atom is -0.292 e. The molecule has 1 heterocycles. The number of hydrogen-bond acceptors (Lipinski definition) is 4. The van der Waals surface area contributed by atoms with Crippen LogP contribution in [0.1, 0.15) is 5.69 Å². The molecule has 0 unspecified atom stereocenters. The molecule has 0 radical (unpaired) electrons. The number of thiocarbonyl (C=S) groups is 1. The van der Waals surface area contributed by atoms with Gasteiger partial charge < -0.3 is 0 Å². The number of halogens is 5. The van der Waals surface area contributed by atoms with Crippen LogP contribution in [0.5, 0.6) is 0 Å². The van der Waals surface area contributed by atoms with Gasteiger partial charge in [-0.25, -0.2) is 9.36 Å². The van der Waals surface area contributed by atoms with Gasteiger partial charge in [-0.15, -0.1) is 0 Å². The minimum atomic E-state index is -4.86. The van der Waals surface area contributed by atoms with E-state index in [0.717, 1.165) is 13.1 Å². The van der Waals surface area contributed by atoms with Crippen molar-refractivity contribution in [1.29, 1.82) is 0 Å². The summed E-state index contributed by atoms with van der Waals surface area (Å²) < 4.78 is 39.3. The highest BCUT2D eigenvalue weighted by Gasteiger charge is 2.35. The first-order chi connectivity index (χ1) is 11.1. The van der Waals surface area contributed by atoms with E-state index in [9.17, 15) is 22.8 Å². The topological polar surface area (TPSA) is 56.4 Å². The summed E-state index contributed by atoms with van der Waals surface area (Å²) in [7, 11) is 0.890. The van der Waals surface area contributed by atoms with Crippen LogP contribution < -0.4 is 11.2 Å². The van der Waals surface area contributed by atoms with Crippen LogP contribution in [0.3, 0.4) is 0 Å². The first-order valence-electron chi connectivity index (χ1n) is 6.05. The van der Waals surface area contributed by atoms with Crippen LogP contribution in [0, 0.1) is 0 Å². The highest BCUT2D eigenvalue weighted by Crippen LogP contribution is 2.32. The molecule has 1 aromatic heterocycles. The van der Waals surface area contributed by atoms with Crippen molar-refractivity contribution >= 4 is 46.3 Å². The van der Waals surface area contributed by atoms with Crippen molar-refractivity contribution in [2.75, 3.05) is 0 Å². The van der Waals surface area contributed by atoms with Gasteiger partial charge in [-0.05, 0) is 24.4 Å². The second-order valence-corrected chi connectivity index (χ2v) is 5.50. The molecule has 2 aromatic rings. The fourth-order valence-corrected chi connectivity index (χ4v) is 2.56. The average molecular weight is 396 g/mol. The lowest BCUT2D eigenvalue weighted by atomic mass is 10.2. The number of hydrogen-bond donors (Lipinski definition) is 0. The van der Waals surface area contributed by atoms with E-state index in [-0.39, 0.29) is 21.4 Å². The van der Waals surface area contributed by atoms with Gasteiger partial charge in [0.25, 0.3) is 5.56 Å². The summed E-state index contributed by atoms with van der Waals surface area (Å²) in [5.41, 5.74) is -3.93. The quantitative estimate of drug-likeness (QED) is 0.576. The maximum Gasteiger partial charge on any atom is 0.431 e. The highest BCUT2D eigenvalue weighted by molar-refractivity contribution is 7.78. The van der Waals surface area contributed by atoms with E-state index in [0.29, 0.717) is 15.2 Å². The van der Waals surface area contributed by atoms with E-state index in [1.165, 1.54) is 6.07 Å². The van der Waals surface area contributed by atoms with Crippen molar-refractivity contribution < 1.29 is 13.2 Å². The molecule has 24 heavy (non-hydrogen) atoms. The summed E-state index contributed by atoms with van der Waals surface area (Å²) in [6.07, 6.45) is -4.86. The van der Waals surface area contributed by atoms with Crippen molar-refractivity contribution in [2.24, 2.45) is 12.0 Å². The van der Waals surface area contributed by atoms with Gasteiger partial charge in [0, 0.05) is 13.1 Å². The summed E-state index contributed by atoms with van der Waals surface area (Å²) in [6, 6.07) is 2.64. The average Bonchev–Trinajstić information content (AvgIpc) is 2.46. The Bertz CT molecular complexity index is 992. The van der Waals surface area contributed by atoms with E-state index in [1.54, 1.807) is 0 Å². The van der Waals surface area contributed by atoms with Crippen molar-refractivity contribution in [3.8, 4) is 5.69 Å². The fourth-order valence-electron chi connectivity index (χ4n) is 1.95. The monoisotopic (exact) mass is 395 g/mol. The van der Waals surface area contributed by atoms with E-state index in [1.807, 2.05) is 0 Å². The molecular weight excluding hydrogens is 390 g/mol. The molecule has 11 heteroatoms. The lowest BCUT2D eigenvalue weighted by molar-refractivity contribution is -0.144. The SMILES string of the molecule is Cn1c(C(F)(F)F)cc(=O)n(-c2cc(N=C=S)c(Cl)cc2Cl)c1=O. The normalized spacial score (nSPS) is 11.2. The Labute approximate surface area is 147 Å². The third-order valence-corrected chi connectivity index (χ3v) is 3.73. The molecule has 0 atom stereocenters. The van der Waals surface area contributed by atoms with Crippen LogP contribution >= 0.6 is 35.4 Å². The number of aliphatic imine (C=N–C) groups is 1. The number of rotatable bonds is 2. The molecule has 2 rings (SSSR count). The summed E-state index contributed by atoms with van der Waals surface area (Å²) in [6.45, 7) is 0. The number of alkyl halides is 3. The third kappa shape index (κ3) is 3.29. The molecule has 126 valence electrons. The van der Waals surface area contributed by atoms with E-state index >= 15 is 0 Å². The smallest absolute Gasteiger partial charge is 0.292 e. The molecule has 0 N–H and O–H groups in total. The number of nitrogens with zero attached hydrogens (tertiary/aromatic N) is 3. The molecular formula is C13H6Cl2F3N3O2S. The van der Waals surface area contributed by atoms with Crippen molar-refractivity contribution in [3.63, 3.8) is 0 Å². The van der Waals surface area contributed by atoms with E-state index < -0.39 is 23.1 Å². The van der Waals surface area contributed by atoms with Gasteiger partial charge in [0.1, 0.15) is 5.69 Å². The molecule has 0 fully saturated rings. The third-order valence-electron chi connectivity index (χ3n) is 3.03. The number of isothiocyanates is 1. The molecule has 0 aliphatic heterocycles. The first kappa shape index (κ1) is 18.4. The summed E-state index contributed by atoms with van der Waals surface area (Å²) in [5.74, 6) is 0.